The minimum atomic E-state index is 0.212. The van der Waals surface area contributed by atoms with E-state index in [9.17, 15) is 20.4 Å². The lowest BCUT2D eigenvalue weighted by atomic mass is 10.0. The Labute approximate surface area is 260 Å². The van der Waals surface area contributed by atoms with Gasteiger partial charge < -0.3 is 29.3 Å². The Bertz CT molecular complexity index is 2850. The highest BCUT2D eigenvalue weighted by Gasteiger charge is 2.16. The zero-order chi connectivity index (χ0) is 31.1. The molecule has 2 heterocycles. The summed E-state index contributed by atoms with van der Waals surface area (Å²) in [6, 6.07) is 37.2. The van der Waals surface area contributed by atoms with E-state index < -0.39 is 0 Å². The number of phenols is 4. The van der Waals surface area contributed by atoms with E-state index in [-0.39, 0.29) is 23.0 Å². The lowest BCUT2D eigenvalue weighted by Crippen LogP contribution is -1.77. The van der Waals surface area contributed by atoms with Crippen molar-refractivity contribution in [1.82, 2.24) is 0 Å². The SMILES string of the molecule is Oc1ccc2cc3c(cc2c1)oc1c2ccccc2c(O)cc31.Oc1ccc2ccc3oc4c5ccccc5c(O)cc4c3c2c1. The highest BCUT2D eigenvalue weighted by atomic mass is 16.3. The molecule has 6 heteroatoms. The lowest BCUT2D eigenvalue weighted by Gasteiger charge is -2.03. The van der Waals surface area contributed by atoms with Gasteiger partial charge in [0.05, 0.1) is 0 Å². The van der Waals surface area contributed by atoms with Crippen LogP contribution in [0.15, 0.2) is 130 Å². The molecule has 0 fully saturated rings. The van der Waals surface area contributed by atoms with Crippen LogP contribution in [-0.2, 0) is 0 Å². The van der Waals surface area contributed by atoms with Crippen molar-refractivity contribution in [2.45, 2.75) is 0 Å². The molecule has 6 nitrogen and oxygen atoms in total. The zero-order valence-corrected chi connectivity index (χ0v) is 24.2. The van der Waals surface area contributed by atoms with Crippen LogP contribution in [0.2, 0.25) is 0 Å². The van der Waals surface area contributed by atoms with E-state index in [4.69, 9.17) is 8.83 Å². The molecule has 220 valence electrons. The second-order valence-electron chi connectivity index (χ2n) is 11.6. The summed E-state index contributed by atoms with van der Waals surface area (Å²) in [7, 11) is 0. The van der Waals surface area contributed by atoms with E-state index in [2.05, 4.69) is 0 Å². The number of benzene rings is 8. The second-order valence-corrected chi connectivity index (χ2v) is 11.6. The van der Waals surface area contributed by atoms with E-state index >= 15 is 0 Å². The molecule has 0 atom stereocenters. The van der Waals surface area contributed by atoms with Crippen molar-refractivity contribution in [2.24, 2.45) is 0 Å². The molecule has 10 rings (SSSR count). The Kier molecular flexibility index (Phi) is 5.41. The van der Waals surface area contributed by atoms with Gasteiger partial charge >= 0.3 is 0 Å². The van der Waals surface area contributed by atoms with Crippen molar-refractivity contribution < 1.29 is 29.3 Å². The van der Waals surface area contributed by atoms with Gasteiger partial charge in [-0.2, -0.15) is 0 Å². The Hall–Kier alpha value is -6.40. The van der Waals surface area contributed by atoms with Crippen LogP contribution in [0.25, 0.3) is 87.0 Å². The van der Waals surface area contributed by atoms with Gasteiger partial charge in [0.15, 0.2) is 0 Å². The van der Waals surface area contributed by atoms with Gasteiger partial charge in [0.25, 0.3) is 0 Å². The molecule has 0 aliphatic carbocycles. The summed E-state index contributed by atoms with van der Waals surface area (Å²) in [5.74, 6) is 0.926. The third-order valence-electron chi connectivity index (χ3n) is 8.82. The summed E-state index contributed by atoms with van der Waals surface area (Å²) in [6.45, 7) is 0. The molecule has 4 N–H and O–H groups in total. The molecule has 2 aromatic heterocycles. The molecule has 0 saturated carbocycles. The van der Waals surface area contributed by atoms with Gasteiger partial charge in [-0.25, -0.2) is 0 Å². The van der Waals surface area contributed by atoms with Gasteiger partial charge in [0, 0.05) is 43.1 Å². The third kappa shape index (κ3) is 3.84. The number of hydrogen-bond acceptors (Lipinski definition) is 6. The minimum absolute atomic E-state index is 0.212. The monoisotopic (exact) mass is 600 g/mol. The Morgan fingerprint density at radius 3 is 1.63 bits per heavy atom. The molecule has 0 amide bonds. The number of rotatable bonds is 0. The average Bonchev–Trinajstić information content (AvgIpc) is 3.62. The summed E-state index contributed by atoms with van der Waals surface area (Å²) in [6.07, 6.45) is 0. The lowest BCUT2D eigenvalue weighted by molar-refractivity contribution is 0.475. The number of furan rings is 2. The summed E-state index contributed by atoms with van der Waals surface area (Å²) in [5.41, 5.74) is 3.01. The highest BCUT2D eigenvalue weighted by molar-refractivity contribution is 6.24. The molecule has 0 bridgehead atoms. The van der Waals surface area contributed by atoms with Gasteiger partial charge in [0.1, 0.15) is 45.3 Å². The van der Waals surface area contributed by atoms with Crippen LogP contribution >= 0.6 is 0 Å². The van der Waals surface area contributed by atoms with E-state index in [0.717, 1.165) is 87.0 Å². The van der Waals surface area contributed by atoms with Gasteiger partial charge in [-0.1, -0.05) is 66.7 Å². The molecule has 0 radical (unpaired) electrons. The molecule has 8 aromatic carbocycles. The van der Waals surface area contributed by atoms with Crippen molar-refractivity contribution in [2.75, 3.05) is 0 Å². The van der Waals surface area contributed by atoms with Gasteiger partial charge in [-0.3, -0.25) is 0 Å². The number of hydrogen-bond donors (Lipinski definition) is 4. The maximum Gasteiger partial charge on any atom is 0.143 e. The molecule has 10 aromatic rings. The fourth-order valence-corrected chi connectivity index (χ4v) is 6.69. The van der Waals surface area contributed by atoms with Crippen molar-refractivity contribution in [3.05, 3.63) is 121 Å². The maximum absolute atomic E-state index is 10.4. The van der Waals surface area contributed by atoms with Gasteiger partial charge in [-0.05, 0) is 76.1 Å². The van der Waals surface area contributed by atoms with Crippen molar-refractivity contribution in [3.8, 4) is 23.0 Å². The maximum atomic E-state index is 10.4. The van der Waals surface area contributed by atoms with Gasteiger partial charge in [0.2, 0.25) is 0 Å². The normalized spacial score (nSPS) is 11.8. The molecular weight excluding hydrogens is 576 g/mol. The fourth-order valence-electron chi connectivity index (χ4n) is 6.69. The topological polar surface area (TPSA) is 107 Å². The molecule has 0 unspecified atom stereocenters. The summed E-state index contributed by atoms with van der Waals surface area (Å²) < 4.78 is 12.2. The zero-order valence-electron chi connectivity index (χ0n) is 24.2. The molecule has 0 aliphatic rings. The largest absolute Gasteiger partial charge is 0.508 e. The predicted molar refractivity (Wildman–Crippen MR) is 184 cm³/mol. The van der Waals surface area contributed by atoms with Crippen LogP contribution in [0, 0.1) is 0 Å². The molecule has 0 aliphatic heterocycles. The predicted octanol–water partition coefficient (Wildman–Crippen LogP) is 10.6. The van der Waals surface area contributed by atoms with Crippen LogP contribution in [-0.4, -0.2) is 20.4 Å². The molecule has 0 saturated heterocycles. The standard InChI is InChI=1S/2C20H12O3/c21-12-7-5-11-6-8-18-19(15(11)9-12)16-10-17(22)13-3-1-2-4-14(13)20(16)23-18;21-13-6-5-11-8-16-17-10-18(22)14-3-1-2-4-15(14)20(17)23-19(16)9-12(11)7-13/h2*1-10,21-22H. The quantitative estimate of drug-likeness (QED) is 0.138. The van der Waals surface area contributed by atoms with Crippen molar-refractivity contribution in [3.63, 3.8) is 0 Å². The van der Waals surface area contributed by atoms with Crippen molar-refractivity contribution in [1.29, 1.82) is 0 Å². The van der Waals surface area contributed by atoms with Crippen LogP contribution in [0.1, 0.15) is 0 Å². The van der Waals surface area contributed by atoms with Crippen LogP contribution in [0.4, 0.5) is 0 Å². The minimum Gasteiger partial charge on any atom is -0.508 e. The second kappa shape index (κ2) is 9.55. The Morgan fingerprint density at radius 1 is 0.348 bits per heavy atom. The average molecular weight is 601 g/mol. The first-order valence-corrected chi connectivity index (χ1v) is 14.8. The van der Waals surface area contributed by atoms with E-state index in [1.165, 1.54) is 0 Å². The summed E-state index contributed by atoms with van der Waals surface area (Å²) >= 11 is 0. The fraction of sp³-hybridized carbons (Fsp3) is 0. The summed E-state index contributed by atoms with van der Waals surface area (Å²) in [4.78, 5) is 0. The third-order valence-corrected chi connectivity index (χ3v) is 8.82. The molecule has 0 spiro atoms. The van der Waals surface area contributed by atoms with E-state index in [0.29, 0.717) is 0 Å². The highest BCUT2D eigenvalue weighted by Crippen LogP contribution is 2.42. The summed E-state index contributed by atoms with van der Waals surface area (Å²) in [5, 5.41) is 51.0. The molecule has 46 heavy (non-hydrogen) atoms. The van der Waals surface area contributed by atoms with Crippen molar-refractivity contribution >= 4 is 87.0 Å². The first-order chi connectivity index (χ1) is 22.4. The van der Waals surface area contributed by atoms with Crippen LogP contribution < -0.4 is 0 Å². The van der Waals surface area contributed by atoms with E-state index in [1.807, 2.05) is 84.9 Å². The van der Waals surface area contributed by atoms with Gasteiger partial charge in [-0.15, -0.1) is 0 Å². The Morgan fingerprint density at radius 2 is 0.913 bits per heavy atom. The molecular formula is C40H24O6. The first kappa shape index (κ1) is 26.0. The number of aromatic hydroxyl groups is 4. The number of fused-ring (bicyclic) bond motifs is 13. The van der Waals surface area contributed by atoms with Crippen LogP contribution in [0.3, 0.4) is 0 Å². The smallest absolute Gasteiger partial charge is 0.143 e. The first-order valence-electron chi connectivity index (χ1n) is 14.8. The Balaban J connectivity index is 0.000000127. The van der Waals surface area contributed by atoms with Crippen LogP contribution in [0.5, 0.6) is 23.0 Å². The van der Waals surface area contributed by atoms with E-state index in [1.54, 1.807) is 36.4 Å². The number of phenolic OH excluding ortho intramolecular Hbond substituents is 4.